The maximum absolute atomic E-state index is 11.5. The molecule has 1 aliphatic rings. The average molecular weight is 295 g/mol. The lowest BCUT2D eigenvalue weighted by Crippen LogP contribution is -2.47. The number of imide groups is 1. The Balaban J connectivity index is 2.78. The standard InChI is InChI=1S/C9H14INO2/c1-3-6-4-7(5-10)9(13)11(2)8(6)12/h6-7H,3-5H2,1-2H3. The predicted molar refractivity (Wildman–Crippen MR) is 58.6 cm³/mol. The maximum atomic E-state index is 11.5. The van der Waals surface area contributed by atoms with Gasteiger partial charge in [-0.15, -0.1) is 0 Å². The molecular weight excluding hydrogens is 281 g/mol. The number of piperidine rings is 1. The highest BCUT2D eigenvalue weighted by atomic mass is 127. The van der Waals surface area contributed by atoms with E-state index in [2.05, 4.69) is 22.6 Å². The topological polar surface area (TPSA) is 37.4 Å². The number of hydrogen-bond acceptors (Lipinski definition) is 2. The Morgan fingerprint density at radius 3 is 2.38 bits per heavy atom. The van der Waals surface area contributed by atoms with E-state index in [1.165, 1.54) is 4.90 Å². The Bertz CT molecular complexity index is 208. The third-order valence-corrected chi connectivity index (χ3v) is 3.67. The van der Waals surface area contributed by atoms with Gasteiger partial charge in [0.05, 0.1) is 0 Å². The largest absolute Gasteiger partial charge is 0.285 e. The first-order valence-electron chi connectivity index (χ1n) is 4.49. The highest BCUT2D eigenvalue weighted by Crippen LogP contribution is 2.26. The normalized spacial score (nSPS) is 29.6. The van der Waals surface area contributed by atoms with Crippen molar-refractivity contribution < 1.29 is 9.59 Å². The summed E-state index contributed by atoms with van der Waals surface area (Å²) in [5.41, 5.74) is 0. The van der Waals surface area contributed by atoms with E-state index in [-0.39, 0.29) is 23.7 Å². The number of amides is 2. The number of alkyl halides is 1. The highest BCUT2D eigenvalue weighted by Gasteiger charge is 2.37. The van der Waals surface area contributed by atoms with E-state index in [9.17, 15) is 9.59 Å². The third-order valence-electron chi connectivity index (χ3n) is 2.61. The van der Waals surface area contributed by atoms with E-state index in [0.717, 1.165) is 17.3 Å². The number of likely N-dealkylation sites (tertiary alicyclic amines) is 1. The molecule has 1 fully saturated rings. The van der Waals surface area contributed by atoms with Gasteiger partial charge in [-0.3, -0.25) is 14.5 Å². The van der Waals surface area contributed by atoms with E-state index in [0.29, 0.717) is 0 Å². The van der Waals surface area contributed by atoms with Crippen molar-refractivity contribution in [2.24, 2.45) is 11.8 Å². The number of carbonyl (C=O) groups is 2. The molecule has 1 heterocycles. The number of carbonyl (C=O) groups excluding carboxylic acids is 2. The summed E-state index contributed by atoms with van der Waals surface area (Å²) >= 11 is 2.21. The van der Waals surface area contributed by atoms with Crippen LogP contribution < -0.4 is 0 Å². The number of nitrogens with zero attached hydrogens (tertiary/aromatic N) is 1. The number of rotatable bonds is 2. The second-order valence-corrected chi connectivity index (χ2v) is 4.31. The minimum absolute atomic E-state index is 0.00593. The van der Waals surface area contributed by atoms with Crippen molar-refractivity contribution in [3.05, 3.63) is 0 Å². The molecule has 0 N–H and O–H groups in total. The molecule has 0 spiro atoms. The van der Waals surface area contributed by atoms with Crippen LogP contribution in [-0.2, 0) is 9.59 Å². The molecule has 4 heteroatoms. The van der Waals surface area contributed by atoms with Gasteiger partial charge in [-0.2, -0.15) is 0 Å². The molecule has 2 unspecified atom stereocenters. The van der Waals surface area contributed by atoms with Crippen molar-refractivity contribution in [3.8, 4) is 0 Å². The molecular formula is C9H14INO2. The van der Waals surface area contributed by atoms with E-state index >= 15 is 0 Å². The highest BCUT2D eigenvalue weighted by molar-refractivity contribution is 14.1. The van der Waals surface area contributed by atoms with Crippen LogP contribution in [0.3, 0.4) is 0 Å². The zero-order chi connectivity index (χ0) is 10.0. The molecule has 1 saturated heterocycles. The molecule has 0 aromatic heterocycles. The van der Waals surface area contributed by atoms with Crippen molar-refractivity contribution in [2.45, 2.75) is 19.8 Å². The molecule has 13 heavy (non-hydrogen) atoms. The SMILES string of the molecule is CCC1CC(CI)C(=O)N(C)C1=O. The van der Waals surface area contributed by atoms with Crippen molar-refractivity contribution in [1.29, 1.82) is 0 Å². The smallest absolute Gasteiger partial charge is 0.232 e. The summed E-state index contributed by atoms with van der Waals surface area (Å²) in [6.45, 7) is 2.00. The zero-order valence-corrected chi connectivity index (χ0v) is 10.1. The fourth-order valence-corrected chi connectivity index (χ4v) is 2.41. The van der Waals surface area contributed by atoms with Crippen LogP contribution in [0.25, 0.3) is 0 Å². The van der Waals surface area contributed by atoms with Gasteiger partial charge < -0.3 is 0 Å². The molecule has 0 aromatic rings. The Labute approximate surface area is 92.0 Å². The summed E-state index contributed by atoms with van der Waals surface area (Å²) in [5, 5.41) is 0. The molecule has 0 radical (unpaired) electrons. The maximum Gasteiger partial charge on any atom is 0.232 e. The Morgan fingerprint density at radius 2 is 1.92 bits per heavy atom. The Hall–Kier alpha value is -0.130. The second kappa shape index (κ2) is 4.39. The van der Waals surface area contributed by atoms with E-state index < -0.39 is 0 Å². The minimum Gasteiger partial charge on any atom is -0.285 e. The lowest BCUT2D eigenvalue weighted by Gasteiger charge is -2.32. The van der Waals surface area contributed by atoms with E-state index in [1.807, 2.05) is 6.92 Å². The van der Waals surface area contributed by atoms with Gasteiger partial charge >= 0.3 is 0 Å². The van der Waals surface area contributed by atoms with Gasteiger partial charge in [0.25, 0.3) is 0 Å². The predicted octanol–water partition coefficient (Wildman–Crippen LogP) is 1.45. The molecule has 1 aliphatic heterocycles. The van der Waals surface area contributed by atoms with Crippen molar-refractivity contribution >= 4 is 34.4 Å². The van der Waals surface area contributed by atoms with Crippen LogP contribution in [0.5, 0.6) is 0 Å². The van der Waals surface area contributed by atoms with Gasteiger partial charge in [0.15, 0.2) is 0 Å². The Kier molecular flexibility index (Phi) is 3.70. The van der Waals surface area contributed by atoms with Gasteiger partial charge in [0, 0.05) is 23.3 Å². The van der Waals surface area contributed by atoms with Gasteiger partial charge in [0.1, 0.15) is 0 Å². The molecule has 0 aliphatic carbocycles. The molecule has 2 amide bonds. The van der Waals surface area contributed by atoms with Crippen molar-refractivity contribution in [3.63, 3.8) is 0 Å². The molecule has 1 rings (SSSR count). The van der Waals surface area contributed by atoms with Crippen LogP contribution in [0.1, 0.15) is 19.8 Å². The molecule has 0 aromatic carbocycles. The summed E-state index contributed by atoms with van der Waals surface area (Å²) in [6, 6.07) is 0. The minimum atomic E-state index is -0.0101. The summed E-state index contributed by atoms with van der Waals surface area (Å²) in [5.74, 6) is 0.0911. The van der Waals surface area contributed by atoms with Crippen LogP contribution in [0.2, 0.25) is 0 Å². The van der Waals surface area contributed by atoms with Gasteiger partial charge in [-0.1, -0.05) is 29.5 Å². The zero-order valence-electron chi connectivity index (χ0n) is 7.92. The van der Waals surface area contributed by atoms with Gasteiger partial charge in [0.2, 0.25) is 11.8 Å². The van der Waals surface area contributed by atoms with Crippen LogP contribution in [-0.4, -0.2) is 28.2 Å². The van der Waals surface area contributed by atoms with Crippen LogP contribution in [0, 0.1) is 11.8 Å². The monoisotopic (exact) mass is 295 g/mol. The van der Waals surface area contributed by atoms with Crippen LogP contribution >= 0.6 is 22.6 Å². The van der Waals surface area contributed by atoms with E-state index in [1.54, 1.807) is 7.05 Å². The van der Waals surface area contributed by atoms with Crippen molar-refractivity contribution in [2.75, 3.05) is 11.5 Å². The summed E-state index contributed by atoms with van der Waals surface area (Å²) in [7, 11) is 1.59. The first kappa shape index (κ1) is 10.9. The first-order chi connectivity index (χ1) is 6.11. The fraction of sp³-hybridized carbons (Fsp3) is 0.778. The quantitative estimate of drug-likeness (QED) is 0.439. The van der Waals surface area contributed by atoms with Gasteiger partial charge in [-0.05, 0) is 12.8 Å². The first-order valence-corrected chi connectivity index (χ1v) is 6.01. The average Bonchev–Trinajstić information content (AvgIpc) is 2.15. The lowest BCUT2D eigenvalue weighted by atomic mass is 9.88. The Morgan fingerprint density at radius 1 is 1.38 bits per heavy atom. The molecule has 2 atom stereocenters. The summed E-state index contributed by atoms with van der Waals surface area (Å²) < 4.78 is 0.810. The van der Waals surface area contributed by atoms with Gasteiger partial charge in [-0.25, -0.2) is 0 Å². The molecule has 3 nitrogen and oxygen atoms in total. The lowest BCUT2D eigenvalue weighted by molar-refractivity contribution is -0.153. The molecule has 0 bridgehead atoms. The number of halogens is 1. The van der Waals surface area contributed by atoms with Crippen LogP contribution in [0.4, 0.5) is 0 Å². The summed E-state index contributed by atoms with van der Waals surface area (Å²) in [4.78, 5) is 24.4. The fourth-order valence-electron chi connectivity index (χ4n) is 1.67. The van der Waals surface area contributed by atoms with E-state index in [4.69, 9.17) is 0 Å². The number of hydrogen-bond donors (Lipinski definition) is 0. The van der Waals surface area contributed by atoms with Crippen molar-refractivity contribution in [1.82, 2.24) is 4.90 Å². The van der Waals surface area contributed by atoms with Crippen LogP contribution in [0.15, 0.2) is 0 Å². The molecule has 0 saturated carbocycles. The molecule has 74 valence electrons. The third kappa shape index (κ3) is 2.03. The summed E-state index contributed by atoms with van der Waals surface area (Å²) in [6.07, 6.45) is 1.57. The second-order valence-electron chi connectivity index (χ2n) is 3.43.